The molecule has 202 valence electrons. The van der Waals surface area contributed by atoms with Crippen LogP contribution in [0.1, 0.15) is 48.0 Å². The minimum absolute atomic E-state index is 0.0382. The first-order chi connectivity index (χ1) is 19.0. The number of anilines is 1. The van der Waals surface area contributed by atoms with Gasteiger partial charge < -0.3 is 20.3 Å². The molecule has 1 amide bonds. The number of carbonyl (C=O) groups is 1. The van der Waals surface area contributed by atoms with Gasteiger partial charge >= 0.3 is 0 Å². The van der Waals surface area contributed by atoms with Gasteiger partial charge in [0, 0.05) is 42.4 Å². The Morgan fingerprint density at radius 1 is 1.10 bits per heavy atom. The van der Waals surface area contributed by atoms with Crippen molar-refractivity contribution in [2.45, 2.75) is 45.1 Å². The normalized spacial score (nSPS) is 15.8. The van der Waals surface area contributed by atoms with Crippen molar-refractivity contribution in [3.63, 3.8) is 0 Å². The lowest BCUT2D eigenvalue weighted by atomic mass is 10.0. The molecule has 8 nitrogen and oxygen atoms in total. The van der Waals surface area contributed by atoms with Crippen molar-refractivity contribution < 1.29 is 13.9 Å². The smallest absolute Gasteiger partial charge is 0.251 e. The first-order valence-corrected chi connectivity index (χ1v) is 13.7. The van der Waals surface area contributed by atoms with Crippen LogP contribution in [0.4, 0.5) is 10.1 Å². The summed E-state index contributed by atoms with van der Waals surface area (Å²) >= 11 is 0. The number of fused-ring (bicyclic) bond motifs is 1. The average molecular weight is 529 g/mol. The van der Waals surface area contributed by atoms with Crippen LogP contribution in [0.3, 0.4) is 0 Å². The van der Waals surface area contributed by atoms with Crippen molar-refractivity contribution in [2.24, 2.45) is 0 Å². The molecule has 1 saturated heterocycles. The van der Waals surface area contributed by atoms with Crippen molar-refractivity contribution in [3.8, 4) is 22.9 Å². The van der Waals surface area contributed by atoms with Crippen LogP contribution in [-0.2, 0) is 0 Å². The Balaban J connectivity index is 1.31. The average Bonchev–Trinajstić information content (AvgIpc) is 3.64. The minimum Gasteiger partial charge on any atom is -0.437 e. The number of imidazole rings is 1. The number of hydrogen-bond donors (Lipinski definition) is 2. The number of aromatic nitrogens is 3. The van der Waals surface area contributed by atoms with Crippen molar-refractivity contribution >= 4 is 17.2 Å². The SMILES string of the molecule is Cc1cc(-c2cnc3c(NCCN4CCCCC4)cc(Oc4cccc(F)c4)nn23)ccc1C(=O)NC1CC1. The lowest BCUT2D eigenvalue weighted by molar-refractivity contribution is 0.0950. The van der Waals surface area contributed by atoms with E-state index in [9.17, 15) is 9.18 Å². The molecule has 4 aromatic rings. The van der Waals surface area contributed by atoms with Crippen LogP contribution in [0.5, 0.6) is 11.6 Å². The molecule has 0 bridgehead atoms. The number of nitrogens with one attached hydrogen (secondary N) is 2. The predicted octanol–water partition coefficient (Wildman–Crippen LogP) is 5.43. The Morgan fingerprint density at radius 2 is 1.95 bits per heavy atom. The van der Waals surface area contributed by atoms with Gasteiger partial charge in [-0.05, 0) is 75.5 Å². The summed E-state index contributed by atoms with van der Waals surface area (Å²) in [5.74, 6) is 0.275. The second-order valence-electron chi connectivity index (χ2n) is 10.4. The zero-order chi connectivity index (χ0) is 26.8. The Labute approximate surface area is 227 Å². The van der Waals surface area contributed by atoms with E-state index in [1.165, 1.54) is 31.4 Å². The molecule has 2 aromatic heterocycles. The van der Waals surface area contributed by atoms with Gasteiger partial charge in [-0.15, -0.1) is 5.10 Å². The molecular weight excluding hydrogens is 495 g/mol. The fourth-order valence-corrected chi connectivity index (χ4v) is 5.07. The molecule has 0 unspecified atom stereocenters. The van der Waals surface area contributed by atoms with Gasteiger partial charge in [0.05, 0.1) is 17.6 Å². The molecule has 6 rings (SSSR count). The molecule has 0 atom stereocenters. The van der Waals surface area contributed by atoms with Gasteiger partial charge in [0.15, 0.2) is 5.65 Å². The lowest BCUT2D eigenvalue weighted by Gasteiger charge is -2.26. The third-order valence-electron chi connectivity index (χ3n) is 7.34. The minimum atomic E-state index is -0.377. The van der Waals surface area contributed by atoms with E-state index in [-0.39, 0.29) is 11.7 Å². The predicted molar refractivity (Wildman–Crippen MR) is 149 cm³/mol. The van der Waals surface area contributed by atoms with Crippen molar-refractivity contribution in [2.75, 3.05) is 31.5 Å². The van der Waals surface area contributed by atoms with Crippen LogP contribution in [0.15, 0.2) is 54.7 Å². The highest BCUT2D eigenvalue weighted by atomic mass is 19.1. The second-order valence-corrected chi connectivity index (χ2v) is 10.4. The maximum atomic E-state index is 13.8. The second kappa shape index (κ2) is 11.0. The number of likely N-dealkylation sites (tertiary alicyclic amines) is 1. The van der Waals surface area contributed by atoms with E-state index in [0.29, 0.717) is 28.9 Å². The van der Waals surface area contributed by atoms with Gasteiger partial charge in [-0.25, -0.2) is 13.9 Å². The maximum absolute atomic E-state index is 13.8. The number of piperidine rings is 1. The van der Waals surface area contributed by atoms with E-state index >= 15 is 0 Å². The molecule has 1 aliphatic carbocycles. The van der Waals surface area contributed by atoms with E-state index in [1.54, 1.807) is 22.8 Å². The van der Waals surface area contributed by atoms with E-state index in [4.69, 9.17) is 9.84 Å². The molecular formula is C30H33FN6O2. The third kappa shape index (κ3) is 5.88. The summed E-state index contributed by atoms with van der Waals surface area (Å²) in [5.41, 5.74) is 4.67. The molecule has 2 fully saturated rings. The van der Waals surface area contributed by atoms with E-state index < -0.39 is 0 Å². The highest BCUT2D eigenvalue weighted by Gasteiger charge is 2.24. The van der Waals surface area contributed by atoms with Gasteiger partial charge in [-0.3, -0.25) is 4.79 Å². The number of hydrogen-bond acceptors (Lipinski definition) is 6. The fourth-order valence-electron chi connectivity index (χ4n) is 5.07. The van der Waals surface area contributed by atoms with E-state index in [2.05, 4.69) is 20.5 Å². The van der Waals surface area contributed by atoms with Crippen molar-refractivity contribution in [1.29, 1.82) is 0 Å². The number of amides is 1. The fraction of sp³-hybridized carbons (Fsp3) is 0.367. The number of benzene rings is 2. The van der Waals surface area contributed by atoms with Gasteiger partial charge in [-0.2, -0.15) is 0 Å². The molecule has 1 saturated carbocycles. The number of aryl methyl sites for hydroxylation is 1. The molecule has 1 aliphatic heterocycles. The monoisotopic (exact) mass is 528 g/mol. The summed E-state index contributed by atoms with van der Waals surface area (Å²) in [5, 5.41) is 11.3. The summed E-state index contributed by atoms with van der Waals surface area (Å²) in [6.07, 6.45) is 7.67. The molecule has 9 heteroatoms. The summed E-state index contributed by atoms with van der Waals surface area (Å²) in [6, 6.07) is 13.9. The van der Waals surface area contributed by atoms with Gasteiger partial charge in [0.1, 0.15) is 11.6 Å². The Kier molecular flexibility index (Phi) is 7.15. The van der Waals surface area contributed by atoms with Crippen LogP contribution in [-0.4, -0.2) is 57.6 Å². The lowest BCUT2D eigenvalue weighted by Crippen LogP contribution is -2.33. The number of rotatable bonds is 9. The molecule has 39 heavy (non-hydrogen) atoms. The highest BCUT2D eigenvalue weighted by molar-refractivity contribution is 5.96. The number of ether oxygens (including phenoxy) is 1. The molecule has 2 aliphatic rings. The number of halogens is 1. The Hall–Kier alpha value is -3.98. The molecule has 0 radical (unpaired) electrons. The maximum Gasteiger partial charge on any atom is 0.251 e. The quantitative estimate of drug-likeness (QED) is 0.302. The zero-order valence-corrected chi connectivity index (χ0v) is 22.1. The molecule has 2 aromatic carbocycles. The largest absolute Gasteiger partial charge is 0.437 e. The Morgan fingerprint density at radius 3 is 2.72 bits per heavy atom. The number of nitrogens with zero attached hydrogens (tertiary/aromatic N) is 4. The first kappa shape index (κ1) is 25.3. The first-order valence-electron chi connectivity index (χ1n) is 13.7. The van der Waals surface area contributed by atoms with Gasteiger partial charge in [-0.1, -0.05) is 18.6 Å². The van der Waals surface area contributed by atoms with Crippen LogP contribution in [0, 0.1) is 12.7 Å². The van der Waals surface area contributed by atoms with Gasteiger partial charge in [0.25, 0.3) is 5.91 Å². The molecule has 0 spiro atoms. The third-order valence-corrected chi connectivity index (χ3v) is 7.34. The summed E-state index contributed by atoms with van der Waals surface area (Å²) in [6.45, 7) is 5.89. The van der Waals surface area contributed by atoms with Crippen molar-refractivity contribution in [1.82, 2.24) is 24.8 Å². The zero-order valence-electron chi connectivity index (χ0n) is 22.1. The van der Waals surface area contributed by atoms with E-state index in [1.807, 2.05) is 31.2 Å². The van der Waals surface area contributed by atoms with Crippen molar-refractivity contribution in [3.05, 3.63) is 71.7 Å². The van der Waals surface area contributed by atoms with Crippen LogP contribution >= 0.6 is 0 Å². The molecule has 3 heterocycles. The highest BCUT2D eigenvalue weighted by Crippen LogP contribution is 2.30. The van der Waals surface area contributed by atoms with Crippen LogP contribution in [0.2, 0.25) is 0 Å². The van der Waals surface area contributed by atoms with Gasteiger partial charge in [0.2, 0.25) is 5.88 Å². The summed E-state index contributed by atoms with van der Waals surface area (Å²) < 4.78 is 21.5. The van der Waals surface area contributed by atoms with Crippen LogP contribution in [0.25, 0.3) is 16.9 Å². The molecule has 2 N–H and O–H groups in total. The number of carbonyl (C=O) groups excluding carboxylic acids is 1. The standard InChI is InChI=1S/C30H33FN6O2/c1-20-16-21(8-11-25(20)30(38)34-23-9-10-23)27-19-33-29-26(32-12-15-36-13-3-2-4-14-36)18-28(35-37(27)29)39-24-7-5-6-22(31)17-24/h5-8,11,16-19,23,32H,2-4,9-10,12-15H2,1H3,(H,34,38). The summed E-state index contributed by atoms with van der Waals surface area (Å²) in [7, 11) is 0. The summed E-state index contributed by atoms with van der Waals surface area (Å²) in [4.78, 5) is 19.8. The topological polar surface area (TPSA) is 83.8 Å². The van der Waals surface area contributed by atoms with E-state index in [0.717, 1.165) is 61.5 Å². The Bertz CT molecular complexity index is 1490. The van der Waals surface area contributed by atoms with Crippen LogP contribution < -0.4 is 15.4 Å².